The van der Waals surface area contributed by atoms with Crippen LogP contribution in [0, 0.1) is 0 Å². The van der Waals surface area contributed by atoms with Crippen molar-refractivity contribution in [1.82, 2.24) is 4.90 Å². The summed E-state index contributed by atoms with van der Waals surface area (Å²) in [7, 11) is -2.37. The summed E-state index contributed by atoms with van der Waals surface area (Å²) in [6.07, 6.45) is 0. The molecule has 0 heterocycles. The lowest BCUT2D eigenvalue weighted by molar-refractivity contribution is 0.0710. The van der Waals surface area contributed by atoms with Gasteiger partial charge in [-0.25, -0.2) is 13.6 Å². The van der Waals surface area contributed by atoms with E-state index in [9.17, 15) is 13.2 Å². The van der Waals surface area contributed by atoms with E-state index in [4.69, 9.17) is 21.5 Å². The minimum Gasteiger partial charge on any atom is -0.380 e. The molecule has 9 heteroatoms. The average Bonchev–Trinajstić information content (AvgIpc) is 2.36. The normalized spacial score (nSPS) is 11.5. The Morgan fingerprint density at radius 1 is 1.48 bits per heavy atom. The fourth-order valence-corrected chi connectivity index (χ4v) is 3.57. The van der Waals surface area contributed by atoms with Crippen molar-refractivity contribution in [3.8, 4) is 0 Å². The largest absolute Gasteiger partial charge is 0.380 e. The van der Waals surface area contributed by atoms with Crippen molar-refractivity contribution in [2.24, 2.45) is 5.14 Å². The number of sulfonamides is 1. The van der Waals surface area contributed by atoms with Gasteiger partial charge < -0.3 is 9.64 Å². The van der Waals surface area contributed by atoms with Crippen LogP contribution in [-0.2, 0) is 14.8 Å². The maximum atomic E-state index is 12.3. The number of benzene rings is 1. The van der Waals surface area contributed by atoms with Crippen LogP contribution < -0.4 is 5.14 Å². The molecule has 0 saturated heterocycles. The topological polar surface area (TPSA) is 89.7 Å². The fraction of sp³-hybridized carbons (Fsp3) is 0.417. The number of rotatable bonds is 6. The van der Waals surface area contributed by atoms with E-state index in [2.05, 4.69) is 15.9 Å². The summed E-state index contributed by atoms with van der Waals surface area (Å²) in [5, 5.41) is 5.25. The van der Waals surface area contributed by atoms with Gasteiger partial charge in [-0.1, -0.05) is 11.6 Å². The zero-order valence-corrected chi connectivity index (χ0v) is 14.8. The summed E-state index contributed by atoms with van der Waals surface area (Å²) in [6, 6.07) is 2.51. The highest BCUT2D eigenvalue weighted by molar-refractivity contribution is 9.10. The highest BCUT2D eigenvalue weighted by Crippen LogP contribution is 2.29. The highest BCUT2D eigenvalue weighted by Gasteiger charge is 2.21. The van der Waals surface area contributed by atoms with Crippen LogP contribution in [0.25, 0.3) is 0 Å². The van der Waals surface area contributed by atoms with Gasteiger partial charge in [-0.2, -0.15) is 0 Å². The predicted octanol–water partition coefficient (Wildman–Crippen LogP) is 1.86. The maximum Gasteiger partial charge on any atom is 0.255 e. The van der Waals surface area contributed by atoms with E-state index in [1.54, 1.807) is 7.05 Å². The third-order valence-electron chi connectivity index (χ3n) is 2.68. The number of hydrogen-bond donors (Lipinski definition) is 1. The Labute approximate surface area is 137 Å². The Morgan fingerprint density at radius 3 is 2.62 bits per heavy atom. The summed E-state index contributed by atoms with van der Waals surface area (Å²) < 4.78 is 28.3. The number of carbonyl (C=O) groups excluding carboxylic acids is 1. The van der Waals surface area contributed by atoms with Crippen LogP contribution in [0.2, 0.25) is 5.02 Å². The lowest BCUT2D eigenvalue weighted by Gasteiger charge is -2.18. The van der Waals surface area contributed by atoms with Gasteiger partial charge in [0, 0.05) is 24.7 Å². The van der Waals surface area contributed by atoms with E-state index in [1.165, 1.54) is 17.0 Å². The van der Waals surface area contributed by atoms with Gasteiger partial charge in [0.15, 0.2) is 0 Å². The number of carbonyl (C=O) groups is 1. The molecular weight excluding hydrogens is 384 g/mol. The van der Waals surface area contributed by atoms with Crippen LogP contribution in [0.15, 0.2) is 21.5 Å². The first-order valence-electron chi connectivity index (χ1n) is 6.03. The predicted molar refractivity (Wildman–Crippen MR) is 84.0 cm³/mol. The number of ether oxygens (including phenoxy) is 1. The van der Waals surface area contributed by atoms with Gasteiger partial charge in [0.1, 0.15) is 0 Å². The smallest absolute Gasteiger partial charge is 0.255 e. The molecule has 0 aromatic heterocycles. The highest BCUT2D eigenvalue weighted by atomic mass is 79.9. The second-order valence-corrected chi connectivity index (χ2v) is 7.02. The van der Waals surface area contributed by atoms with Gasteiger partial charge in [-0.15, -0.1) is 0 Å². The van der Waals surface area contributed by atoms with Crippen LogP contribution >= 0.6 is 27.5 Å². The number of hydrogen-bond acceptors (Lipinski definition) is 4. The van der Waals surface area contributed by atoms with Gasteiger partial charge in [0.2, 0.25) is 10.0 Å². The second-order valence-electron chi connectivity index (χ2n) is 4.23. The van der Waals surface area contributed by atoms with E-state index < -0.39 is 15.9 Å². The van der Waals surface area contributed by atoms with E-state index >= 15 is 0 Å². The molecule has 0 bridgehead atoms. The van der Waals surface area contributed by atoms with Crippen LogP contribution in [0.1, 0.15) is 17.3 Å². The molecule has 0 spiro atoms. The number of likely N-dealkylation sites (N-methyl/N-ethyl adjacent to an activating group) is 1. The minimum absolute atomic E-state index is 0.0721. The minimum atomic E-state index is -3.95. The molecule has 1 amide bonds. The monoisotopic (exact) mass is 398 g/mol. The molecule has 0 aliphatic carbocycles. The summed E-state index contributed by atoms with van der Waals surface area (Å²) in [5.74, 6) is -0.405. The molecule has 2 N–H and O–H groups in total. The molecule has 1 aromatic rings. The first-order chi connectivity index (χ1) is 9.68. The van der Waals surface area contributed by atoms with Crippen LogP contribution in [0.4, 0.5) is 0 Å². The molecule has 1 aromatic carbocycles. The van der Waals surface area contributed by atoms with Crippen molar-refractivity contribution in [3.05, 3.63) is 27.2 Å². The first kappa shape index (κ1) is 18.4. The molecular formula is C12H16BrClN2O4S. The first-order valence-corrected chi connectivity index (χ1v) is 8.75. The quantitative estimate of drug-likeness (QED) is 0.739. The van der Waals surface area contributed by atoms with E-state index in [0.717, 1.165) is 0 Å². The molecule has 0 aliphatic rings. The molecule has 118 valence electrons. The summed E-state index contributed by atoms with van der Waals surface area (Å²) in [5.41, 5.74) is 0.0721. The summed E-state index contributed by atoms with van der Waals surface area (Å²) in [4.78, 5) is 13.5. The Hall–Kier alpha value is -0.670. The zero-order chi connectivity index (χ0) is 16.2. The van der Waals surface area contributed by atoms with Gasteiger partial charge in [0.05, 0.1) is 22.1 Å². The van der Waals surface area contributed by atoms with Crippen molar-refractivity contribution >= 4 is 43.5 Å². The maximum absolute atomic E-state index is 12.3. The van der Waals surface area contributed by atoms with Crippen molar-refractivity contribution in [2.45, 2.75) is 11.8 Å². The van der Waals surface area contributed by atoms with Gasteiger partial charge in [0.25, 0.3) is 5.91 Å². The molecule has 21 heavy (non-hydrogen) atoms. The molecule has 1 rings (SSSR count). The van der Waals surface area contributed by atoms with Gasteiger partial charge >= 0.3 is 0 Å². The lowest BCUT2D eigenvalue weighted by atomic mass is 10.2. The number of amides is 1. The summed E-state index contributed by atoms with van der Waals surface area (Å²) in [6.45, 7) is 3.15. The molecule has 6 nitrogen and oxygen atoms in total. The van der Waals surface area contributed by atoms with Crippen LogP contribution in [0.3, 0.4) is 0 Å². The third kappa shape index (κ3) is 4.93. The van der Waals surface area contributed by atoms with Crippen molar-refractivity contribution in [2.75, 3.05) is 26.8 Å². The zero-order valence-electron chi connectivity index (χ0n) is 11.6. The standard InChI is InChI=1S/C12H16BrClN2O4S/c1-3-20-5-4-16(2)12(17)8-6-11(21(15,18)19)9(13)7-10(8)14/h6-7H,3-5H2,1-2H3,(H2,15,18,19). The Bertz CT molecular complexity index is 636. The molecule has 0 radical (unpaired) electrons. The van der Waals surface area contributed by atoms with Crippen LogP contribution in [-0.4, -0.2) is 46.0 Å². The summed E-state index contributed by atoms with van der Waals surface area (Å²) >= 11 is 9.07. The second kappa shape index (κ2) is 7.55. The number of nitrogens with two attached hydrogens (primary N) is 1. The van der Waals surface area contributed by atoms with Crippen molar-refractivity contribution in [3.63, 3.8) is 0 Å². The lowest BCUT2D eigenvalue weighted by Crippen LogP contribution is -2.30. The third-order valence-corrected chi connectivity index (χ3v) is 4.86. The molecule has 0 aliphatic heterocycles. The molecule has 0 saturated carbocycles. The fourth-order valence-electron chi connectivity index (χ4n) is 1.56. The Morgan fingerprint density at radius 2 is 2.10 bits per heavy atom. The van der Waals surface area contributed by atoms with Gasteiger partial charge in [-0.05, 0) is 35.0 Å². The van der Waals surface area contributed by atoms with Gasteiger partial charge in [-0.3, -0.25) is 4.79 Å². The average molecular weight is 400 g/mol. The SMILES string of the molecule is CCOCCN(C)C(=O)c1cc(S(N)(=O)=O)c(Br)cc1Cl. The number of halogens is 2. The van der Waals surface area contributed by atoms with Crippen molar-refractivity contribution < 1.29 is 17.9 Å². The van der Waals surface area contributed by atoms with Crippen molar-refractivity contribution in [1.29, 1.82) is 0 Å². The molecule has 0 unspecified atom stereocenters. The molecule has 0 fully saturated rings. The van der Waals surface area contributed by atoms with E-state index in [1.807, 2.05) is 6.92 Å². The van der Waals surface area contributed by atoms with E-state index in [0.29, 0.717) is 19.8 Å². The number of primary sulfonamides is 1. The molecule has 0 atom stereocenters. The Balaban J connectivity index is 3.10. The number of nitrogens with zero attached hydrogens (tertiary/aromatic N) is 1. The van der Waals surface area contributed by atoms with Crippen LogP contribution in [0.5, 0.6) is 0 Å². The Kier molecular flexibility index (Phi) is 6.61. The van der Waals surface area contributed by atoms with E-state index in [-0.39, 0.29) is 20.0 Å².